The zero-order chi connectivity index (χ0) is 10.1. The standard InChI is InChI=1S/C10H9NO2S/c1-14-7-2-3-8-6(4-7)5-11-10(13)9(8)12/h2-5,12H,1H3,(H,11,13). The van der Waals surface area contributed by atoms with Crippen LogP contribution in [0.2, 0.25) is 0 Å². The number of hydrogen-bond donors (Lipinski definition) is 2. The minimum atomic E-state index is -0.325. The summed E-state index contributed by atoms with van der Waals surface area (Å²) in [5.41, 5.74) is 0. The summed E-state index contributed by atoms with van der Waals surface area (Å²) in [6.45, 7) is 0. The quantitative estimate of drug-likeness (QED) is 0.705. The van der Waals surface area contributed by atoms with E-state index in [0.717, 1.165) is 10.3 Å². The number of fused-ring (bicyclic) bond motifs is 1. The number of aromatic hydroxyl groups is 2. The maximum Gasteiger partial charge on any atom is 0.254 e. The first-order chi connectivity index (χ1) is 6.72. The highest BCUT2D eigenvalue weighted by Crippen LogP contribution is 2.32. The van der Waals surface area contributed by atoms with Crippen molar-refractivity contribution in [1.29, 1.82) is 0 Å². The van der Waals surface area contributed by atoms with Gasteiger partial charge in [0.25, 0.3) is 5.88 Å². The lowest BCUT2D eigenvalue weighted by Gasteiger charge is -2.03. The van der Waals surface area contributed by atoms with Crippen molar-refractivity contribution in [3.8, 4) is 11.6 Å². The number of pyridine rings is 1. The topological polar surface area (TPSA) is 53.4 Å². The predicted octanol–water partition coefficient (Wildman–Crippen LogP) is 2.37. The molecule has 2 N–H and O–H groups in total. The Morgan fingerprint density at radius 3 is 2.79 bits per heavy atom. The maximum absolute atomic E-state index is 9.50. The molecule has 1 heterocycles. The highest BCUT2D eigenvalue weighted by molar-refractivity contribution is 7.98. The van der Waals surface area contributed by atoms with Gasteiger partial charge in [-0.1, -0.05) is 0 Å². The molecule has 1 aromatic carbocycles. The van der Waals surface area contributed by atoms with E-state index in [1.165, 1.54) is 0 Å². The average molecular weight is 207 g/mol. The van der Waals surface area contributed by atoms with Crippen LogP contribution in [0.1, 0.15) is 0 Å². The first kappa shape index (κ1) is 9.15. The number of aromatic nitrogens is 1. The average Bonchev–Trinajstić information content (AvgIpc) is 2.23. The minimum absolute atomic E-state index is 0.157. The van der Waals surface area contributed by atoms with Crippen molar-refractivity contribution in [3.63, 3.8) is 0 Å². The number of benzene rings is 1. The summed E-state index contributed by atoms with van der Waals surface area (Å²) in [5, 5.41) is 20.1. The van der Waals surface area contributed by atoms with Gasteiger partial charge in [-0.2, -0.15) is 0 Å². The van der Waals surface area contributed by atoms with E-state index in [1.807, 2.05) is 18.4 Å². The molecule has 0 radical (unpaired) electrons. The molecule has 0 amide bonds. The van der Waals surface area contributed by atoms with Crippen molar-refractivity contribution in [2.24, 2.45) is 0 Å². The third kappa shape index (κ3) is 1.37. The summed E-state index contributed by atoms with van der Waals surface area (Å²) < 4.78 is 0. The summed E-state index contributed by atoms with van der Waals surface area (Å²) in [6.07, 6.45) is 3.53. The van der Waals surface area contributed by atoms with Crippen molar-refractivity contribution in [3.05, 3.63) is 24.4 Å². The lowest BCUT2D eigenvalue weighted by atomic mass is 10.1. The molecule has 0 fully saturated rings. The van der Waals surface area contributed by atoms with Crippen LogP contribution in [0.15, 0.2) is 29.3 Å². The lowest BCUT2D eigenvalue weighted by Crippen LogP contribution is -1.80. The summed E-state index contributed by atoms with van der Waals surface area (Å²) in [7, 11) is 0. The van der Waals surface area contributed by atoms with Gasteiger partial charge in [0, 0.05) is 21.9 Å². The van der Waals surface area contributed by atoms with Gasteiger partial charge in [0.2, 0.25) is 0 Å². The second-order valence-electron chi connectivity index (χ2n) is 2.88. The van der Waals surface area contributed by atoms with E-state index >= 15 is 0 Å². The first-order valence-corrected chi connectivity index (χ1v) is 5.29. The molecule has 0 atom stereocenters. The van der Waals surface area contributed by atoms with Crippen LogP contribution in [-0.2, 0) is 0 Å². The van der Waals surface area contributed by atoms with Gasteiger partial charge in [-0.25, -0.2) is 4.98 Å². The fourth-order valence-corrected chi connectivity index (χ4v) is 1.75. The van der Waals surface area contributed by atoms with Gasteiger partial charge in [0.15, 0.2) is 5.75 Å². The molecule has 0 spiro atoms. The molecule has 0 unspecified atom stereocenters. The van der Waals surface area contributed by atoms with Crippen molar-refractivity contribution in [2.75, 3.05) is 6.26 Å². The zero-order valence-corrected chi connectivity index (χ0v) is 8.38. The van der Waals surface area contributed by atoms with Crippen LogP contribution in [0.3, 0.4) is 0 Å². The number of nitrogens with zero attached hydrogens (tertiary/aromatic N) is 1. The maximum atomic E-state index is 9.50. The highest BCUT2D eigenvalue weighted by atomic mass is 32.2. The normalized spacial score (nSPS) is 10.6. The van der Waals surface area contributed by atoms with Gasteiger partial charge in [-0.15, -0.1) is 11.8 Å². The minimum Gasteiger partial charge on any atom is -0.503 e. The van der Waals surface area contributed by atoms with E-state index in [4.69, 9.17) is 0 Å². The van der Waals surface area contributed by atoms with Crippen LogP contribution in [0.5, 0.6) is 11.6 Å². The monoisotopic (exact) mass is 207 g/mol. The van der Waals surface area contributed by atoms with Crippen molar-refractivity contribution < 1.29 is 10.2 Å². The molecule has 0 saturated heterocycles. The van der Waals surface area contributed by atoms with Crippen LogP contribution in [-0.4, -0.2) is 21.5 Å². The van der Waals surface area contributed by atoms with Gasteiger partial charge < -0.3 is 10.2 Å². The second kappa shape index (κ2) is 3.38. The van der Waals surface area contributed by atoms with Crippen molar-refractivity contribution in [1.82, 2.24) is 4.98 Å². The van der Waals surface area contributed by atoms with Crippen molar-refractivity contribution >= 4 is 22.5 Å². The van der Waals surface area contributed by atoms with E-state index in [0.29, 0.717) is 5.39 Å². The molecular formula is C10H9NO2S. The third-order valence-corrected chi connectivity index (χ3v) is 2.78. The van der Waals surface area contributed by atoms with Gasteiger partial charge in [-0.3, -0.25) is 0 Å². The van der Waals surface area contributed by atoms with E-state index in [2.05, 4.69) is 4.98 Å². The molecule has 0 aliphatic rings. The number of hydrogen-bond acceptors (Lipinski definition) is 4. The molecule has 0 aliphatic carbocycles. The molecule has 1 aromatic heterocycles. The van der Waals surface area contributed by atoms with E-state index in [9.17, 15) is 10.2 Å². The smallest absolute Gasteiger partial charge is 0.254 e. The summed E-state index contributed by atoms with van der Waals surface area (Å²) in [4.78, 5) is 4.78. The zero-order valence-electron chi connectivity index (χ0n) is 7.56. The second-order valence-corrected chi connectivity index (χ2v) is 3.76. The molecule has 0 saturated carbocycles. The first-order valence-electron chi connectivity index (χ1n) is 4.07. The third-order valence-electron chi connectivity index (χ3n) is 2.05. The largest absolute Gasteiger partial charge is 0.503 e. The Bertz CT molecular complexity index is 485. The Balaban J connectivity index is 2.74. The summed E-state index contributed by atoms with van der Waals surface area (Å²) in [5.74, 6) is -0.482. The predicted molar refractivity (Wildman–Crippen MR) is 56.9 cm³/mol. The Kier molecular flexibility index (Phi) is 2.21. The van der Waals surface area contributed by atoms with Crippen LogP contribution in [0.25, 0.3) is 10.8 Å². The van der Waals surface area contributed by atoms with E-state index in [-0.39, 0.29) is 11.6 Å². The highest BCUT2D eigenvalue weighted by Gasteiger charge is 2.06. The molecule has 2 rings (SSSR count). The fourth-order valence-electron chi connectivity index (χ4n) is 1.30. The van der Waals surface area contributed by atoms with Gasteiger partial charge in [0.1, 0.15) is 0 Å². The number of rotatable bonds is 1. The Morgan fingerprint density at radius 1 is 1.29 bits per heavy atom. The van der Waals surface area contributed by atoms with Gasteiger partial charge in [0.05, 0.1) is 0 Å². The molecule has 0 aliphatic heterocycles. The molecule has 72 valence electrons. The van der Waals surface area contributed by atoms with Crippen LogP contribution in [0, 0.1) is 0 Å². The van der Waals surface area contributed by atoms with Gasteiger partial charge >= 0.3 is 0 Å². The molecule has 3 nitrogen and oxygen atoms in total. The molecule has 14 heavy (non-hydrogen) atoms. The van der Waals surface area contributed by atoms with E-state index < -0.39 is 0 Å². The lowest BCUT2D eigenvalue weighted by molar-refractivity contribution is 0.393. The van der Waals surface area contributed by atoms with Gasteiger partial charge in [-0.05, 0) is 24.5 Å². The molecule has 0 bridgehead atoms. The summed E-state index contributed by atoms with van der Waals surface area (Å²) >= 11 is 1.62. The Hall–Kier alpha value is -1.42. The van der Waals surface area contributed by atoms with Crippen LogP contribution >= 0.6 is 11.8 Å². The van der Waals surface area contributed by atoms with Crippen LogP contribution < -0.4 is 0 Å². The fraction of sp³-hybridized carbons (Fsp3) is 0.100. The van der Waals surface area contributed by atoms with E-state index in [1.54, 1.807) is 24.0 Å². The SMILES string of the molecule is CSc1ccc2c(O)c(O)ncc2c1. The number of thioether (sulfide) groups is 1. The molecule has 2 aromatic rings. The van der Waals surface area contributed by atoms with Crippen molar-refractivity contribution in [2.45, 2.75) is 4.90 Å². The summed E-state index contributed by atoms with van der Waals surface area (Å²) in [6, 6.07) is 5.59. The van der Waals surface area contributed by atoms with Crippen LogP contribution in [0.4, 0.5) is 0 Å². The molecular weight excluding hydrogens is 198 g/mol. The Morgan fingerprint density at radius 2 is 2.07 bits per heavy atom. The Labute approximate surface area is 85.4 Å². The molecule has 4 heteroatoms.